The van der Waals surface area contributed by atoms with E-state index in [2.05, 4.69) is 44.7 Å². The fourth-order valence-corrected chi connectivity index (χ4v) is 2.45. The standard InChI is InChI=1S/C16H32N2/c1-13(2)7-9-18(10-8-14(3)4)12-15-5-6-16(17)11-15/h5-6,13-16H,7-12,17H2,1-4H3. The maximum absolute atomic E-state index is 5.94. The highest BCUT2D eigenvalue weighted by molar-refractivity contribution is 5.05. The molecule has 2 atom stereocenters. The van der Waals surface area contributed by atoms with Crippen molar-refractivity contribution in [1.29, 1.82) is 0 Å². The lowest BCUT2D eigenvalue weighted by Gasteiger charge is -2.26. The molecule has 0 saturated carbocycles. The quantitative estimate of drug-likeness (QED) is 0.672. The monoisotopic (exact) mass is 252 g/mol. The van der Waals surface area contributed by atoms with E-state index in [-0.39, 0.29) is 0 Å². The maximum Gasteiger partial charge on any atom is 0.0229 e. The highest BCUT2D eigenvalue weighted by Gasteiger charge is 2.18. The summed E-state index contributed by atoms with van der Waals surface area (Å²) in [7, 11) is 0. The molecule has 0 spiro atoms. The van der Waals surface area contributed by atoms with Crippen LogP contribution in [0.25, 0.3) is 0 Å². The molecule has 106 valence electrons. The molecule has 0 aromatic heterocycles. The molecule has 2 nitrogen and oxygen atoms in total. The van der Waals surface area contributed by atoms with Crippen molar-refractivity contribution in [1.82, 2.24) is 4.90 Å². The lowest BCUT2D eigenvalue weighted by atomic mass is 10.0. The Labute approximate surface area is 114 Å². The lowest BCUT2D eigenvalue weighted by Crippen LogP contribution is -2.32. The molecule has 1 aliphatic rings. The van der Waals surface area contributed by atoms with Gasteiger partial charge in [0.25, 0.3) is 0 Å². The van der Waals surface area contributed by atoms with Gasteiger partial charge in [0.05, 0.1) is 0 Å². The Bertz CT molecular complexity index is 233. The van der Waals surface area contributed by atoms with Crippen LogP contribution in [0.3, 0.4) is 0 Å². The van der Waals surface area contributed by atoms with E-state index >= 15 is 0 Å². The molecule has 0 amide bonds. The number of hydrogen-bond donors (Lipinski definition) is 1. The number of rotatable bonds is 8. The molecule has 0 fully saturated rings. The smallest absolute Gasteiger partial charge is 0.0229 e. The molecule has 0 aromatic rings. The first-order valence-electron chi connectivity index (χ1n) is 7.63. The molecule has 2 unspecified atom stereocenters. The fraction of sp³-hybridized carbons (Fsp3) is 0.875. The van der Waals surface area contributed by atoms with E-state index in [1.807, 2.05) is 0 Å². The molecule has 18 heavy (non-hydrogen) atoms. The first kappa shape index (κ1) is 15.7. The average Bonchev–Trinajstić information content (AvgIpc) is 2.67. The van der Waals surface area contributed by atoms with Gasteiger partial charge in [-0.25, -0.2) is 0 Å². The van der Waals surface area contributed by atoms with Crippen LogP contribution in [-0.4, -0.2) is 30.6 Å². The SMILES string of the molecule is CC(C)CCN(CCC(C)C)CC1C=CC(N)C1. The predicted molar refractivity (Wildman–Crippen MR) is 80.6 cm³/mol. The molecule has 2 heteroatoms. The van der Waals surface area contributed by atoms with Crippen LogP contribution in [0.1, 0.15) is 47.0 Å². The van der Waals surface area contributed by atoms with Gasteiger partial charge in [-0.05, 0) is 50.1 Å². The first-order valence-corrected chi connectivity index (χ1v) is 7.63. The topological polar surface area (TPSA) is 29.3 Å². The second-order valence-electron chi connectivity index (χ2n) is 6.71. The normalized spacial score (nSPS) is 23.8. The first-order chi connectivity index (χ1) is 8.47. The van der Waals surface area contributed by atoms with E-state index < -0.39 is 0 Å². The summed E-state index contributed by atoms with van der Waals surface area (Å²) in [6.45, 7) is 12.9. The summed E-state index contributed by atoms with van der Waals surface area (Å²) in [6, 6.07) is 0.298. The largest absolute Gasteiger partial charge is 0.324 e. The molecule has 1 aliphatic carbocycles. The van der Waals surface area contributed by atoms with E-state index in [1.165, 1.54) is 32.5 Å². The Morgan fingerprint density at radius 1 is 1.06 bits per heavy atom. The van der Waals surface area contributed by atoms with E-state index in [0.29, 0.717) is 12.0 Å². The van der Waals surface area contributed by atoms with Gasteiger partial charge in [0, 0.05) is 12.6 Å². The highest BCUT2D eigenvalue weighted by atomic mass is 15.1. The van der Waals surface area contributed by atoms with Crippen molar-refractivity contribution in [2.75, 3.05) is 19.6 Å². The van der Waals surface area contributed by atoms with Gasteiger partial charge in [0.2, 0.25) is 0 Å². The molecular weight excluding hydrogens is 220 g/mol. The van der Waals surface area contributed by atoms with Crippen LogP contribution < -0.4 is 5.73 Å². The van der Waals surface area contributed by atoms with E-state index in [0.717, 1.165) is 18.3 Å². The fourth-order valence-electron chi connectivity index (χ4n) is 2.45. The summed E-state index contributed by atoms with van der Waals surface area (Å²) in [6.07, 6.45) is 8.25. The Morgan fingerprint density at radius 2 is 1.61 bits per heavy atom. The molecule has 0 radical (unpaired) electrons. The Morgan fingerprint density at radius 3 is 2.00 bits per heavy atom. The van der Waals surface area contributed by atoms with Gasteiger partial charge >= 0.3 is 0 Å². The molecule has 0 saturated heterocycles. The average molecular weight is 252 g/mol. The molecule has 1 rings (SSSR count). The third-order valence-electron chi connectivity index (χ3n) is 3.74. The van der Waals surface area contributed by atoms with Gasteiger partial charge < -0.3 is 10.6 Å². The molecular formula is C16H32N2. The van der Waals surface area contributed by atoms with Crippen molar-refractivity contribution < 1.29 is 0 Å². The van der Waals surface area contributed by atoms with Gasteiger partial charge in [-0.15, -0.1) is 0 Å². The van der Waals surface area contributed by atoms with E-state index in [1.54, 1.807) is 0 Å². The Balaban J connectivity index is 2.35. The molecule has 0 heterocycles. The van der Waals surface area contributed by atoms with Gasteiger partial charge in [0.1, 0.15) is 0 Å². The molecule has 0 aliphatic heterocycles. The maximum atomic E-state index is 5.94. The summed E-state index contributed by atoms with van der Waals surface area (Å²) >= 11 is 0. The van der Waals surface area contributed by atoms with Gasteiger partial charge in [-0.2, -0.15) is 0 Å². The summed E-state index contributed by atoms with van der Waals surface area (Å²) in [4.78, 5) is 2.65. The van der Waals surface area contributed by atoms with E-state index in [4.69, 9.17) is 5.73 Å². The third kappa shape index (κ3) is 6.55. The molecule has 0 bridgehead atoms. The van der Waals surface area contributed by atoms with Crippen LogP contribution in [0.4, 0.5) is 0 Å². The zero-order valence-electron chi connectivity index (χ0n) is 12.7. The number of nitrogens with two attached hydrogens (primary N) is 1. The Kier molecular flexibility index (Phi) is 6.95. The minimum atomic E-state index is 0.298. The van der Waals surface area contributed by atoms with Crippen LogP contribution >= 0.6 is 0 Å². The highest BCUT2D eigenvalue weighted by Crippen LogP contribution is 2.19. The lowest BCUT2D eigenvalue weighted by molar-refractivity contribution is 0.220. The van der Waals surface area contributed by atoms with Crippen molar-refractivity contribution in [2.24, 2.45) is 23.5 Å². The zero-order chi connectivity index (χ0) is 13.5. The van der Waals surface area contributed by atoms with Crippen molar-refractivity contribution in [2.45, 2.75) is 53.0 Å². The molecule has 0 aromatic carbocycles. The van der Waals surface area contributed by atoms with E-state index in [9.17, 15) is 0 Å². The van der Waals surface area contributed by atoms with Gasteiger partial charge in [-0.3, -0.25) is 0 Å². The predicted octanol–water partition coefficient (Wildman–Crippen LogP) is 3.28. The van der Waals surface area contributed by atoms with Crippen LogP contribution in [0, 0.1) is 17.8 Å². The van der Waals surface area contributed by atoms with Crippen molar-refractivity contribution in [3.05, 3.63) is 12.2 Å². The summed E-state index contributed by atoms with van der Waals surface area (Å²) < 4.78 is 0. The minimum Gasteiger partial charge on any atom is -0.324 e. The van der Waals surface area contributed by atoms with Crippen LogP contribution in [-0.2, 0) is 0 Å². The van der Waals surface area contributed by atoms with Crippen LogP contribution in [0.15, 0.2) is 12.2 Å². The second kappa shape index (κ2) is 7.96. The van der Waals surface area contributed by atoms with Gasteiger partial charge in [0.15, 0.2) is 0 Å². The summed E-state index contributed by atoms with van der Waals surface area (Å²) in [5.74, 6) is 2.28. The van der Waals surface area contributed by atoms with Gasteiger partial charge in [-0.1, -0.05) is 39.8 Å². The van der Waals surface area contributed by atoms with Crippen molar-refractivity contribution >= 4 is 0 Å². The third-order valence-corrected chi connectivity index (χ3v) is 3.74. The summed E-state index contributed by atoms with van der Waals surface area (Å²) in [5.41, 5.74) is 5.94. The van der Waals surface area contributed by atoms with Crippen LogP contribution in [0.5, 0.6) is 0 Å². The summed E-state index contributed by atoms with van der Waals surface area (Å²) in [5, 5.41) is 0. The van der Waals surface area contributed by atoms with Crippen molar-refractivity contribution in [3.8, 4) is 0 Å². The second-order valence-corrected chi connectivity index (χ2v) is 6.71. The molecule has 2 N–H and O–H groups in total. The minimum absolute atomic E-state index is 0.298. The van der Waals surface area contributed by atoms with Crippen molar-refractivity contribution in [3.63, 3.8) is 0 Å². The zero-order valence-corrected chi connectivity index (χ0v) is 12.7. The number of nitrogens with zero attached hydrogens (tertiary/aromatic N) is 1. The number of hydrogen-bond acceptors (Lipinski definition) is 2. The Hall–Kier alpha value is -0.340. The van der Waals surface area contributed by atoms with Crippen LogP contribution in [0.2, 0.25) is 0 Å².